The Morgan fingerprint density at radius 1 is 1.36 bits per heavy atom. The van der Waals surface area contributed by atoms with Crippen LogP contribution in [0.4, 0.5) is 5.69 Å². The van der Waals surface area contributed by atoms with Gasteiger partial charge in [-0.2, -0.15) is 0 Å². The second kappa shape index (κ2) is 3.16. The van der Waals surface area contributed by atoms with Gasteiger partial charge in [0.1, 0.15) is 0 Å². The lowest BCUT2D eigenvalue weighted by Crippen LogP contribution is -2.35. The van der Waals surface area contributed by atoms with Crippen molar-refractivity contribution in [2.75, 3.05) is 5.32 Å². The molecule has 0 radical (unpaired) electrons. The van der Waals surface area contributed by atoms with Gasteiger partial charge in [-0.15, -0.1) is 0 Å². The molecule has 1 N–H and O–H groups in total. The van der Waals surface area contributed by atoms with E-state index in [0.717, 1.165) is 11.4 Å². The highest BCUT2D eigenvalue weighted by Gasteiger charge is 2.24. The van der Waals surface area contributed by atoms with Gasteiger partial charge in [-0.05, 0) is 50.8 Å². The number of anilines is 1. The largest absolute Gasteiger partial charge is 0.380 e. The zero-order valence-electron chi connectivity index (χ0n) is 8.95. The van der Waals surface area contributed by atoms with Crippen LogP contribution in [-0.4, -0.2) is 5.54 Å². The highest BCUT2D eigenvalue weighted by atomic mass is 35.5. The average Bonchev–Trinajstić information content (AvgIpc) is 2.07. The molecule has 1 nitrogen and oxygen atoms in total. The normalized spacial score (nSPS) is 18.6. The number of halogens is 1. The topological polar surface area (TPSA) is 12.0 Å². The standard InChI is InChI=1S/C12H16ClN/c1-8-6-9-4-5-12(2,3)14-11(9)7-10(8)13/h6-7,14H,4-5H2,1-3H3. The van der Waals surface area contributed by atoms with E-state index in [1.54, 1.807) is 0 Å². The van der Waals surface area contributed by atoms with Crippen molar-refractivity contribution in [3.63, 3.8) is 0 Å². The van der Waals surface area contributed by atoms with E-state index in [0.29, 0.717) is 0 Å². The molecule has 1 aliphatic heterocycles. The second-order valence-corrected chi connectivity index (χ2v) is 5.17. The van der Waals surface area contributed by atoms with E-state index in [2.05, 4.69) is 32.2 Å². The van der Waals surface area contributed by atoms with Crippen molar-refractivity contribution in [2.45, 2.75) is 39.2 Å². The molecule has 1 aromatic rings. The van der Waals surface area contributed by atoms with Gasteiger partial charge in [-0.25, -0.2) is 0 Å². The minimum Gasteiger partial charge on any atom is -0.380 e. The van der Waals surface area contributed by atoms with Crippen molar-refractivity contribution in [2.24, 2.45) is 0 Å². The Kier molecular flexibility index (Phi) is 2.23. The quantitative estimate of drug-likeness (QED) is 0.686. The van der Waals surface area contributed by atoms with E-state index in [4.69, 9.17) is 11.6 Å². The summed E-state index contributed by atoms with van der Waals surface area (Å²) < 4.78 is 0. The summed E-state index contributed by atoms with van der Waals surface area (Å²) in [6.45, 7) is 6.51. The summed E-state index contributed by atoms with van der Waals surface area (Å²) in [4.78, 5) is 0. The summed E-state index contributed by atoms with van der Waals surface area (Å²) in [5.41, 5.74) is 3.97. The fraction of sp³-hybridized carbons (Fsp3) is 0.500. The highest BCUT2D eigenvalue weighted by molar-refractivity contribution is 6.31. The van der Waals surface area contributed by atoms with Crippen LogP contribution in [0.3, 0.4) is 0 Å². The Balaban J connectivity index is 2.43. The molecule has 0 saturated carbocycles. The number of fused-ring (bicyclic) bond motifs is 1. The maximum absolute atomic E-state index is 6.10. The number of aryl methyl sites for hydroxylation is 2. The van der Waals surface area contributed by atoms with E-state index >= 15 is 0 Å². The van der Waals surface area contributed by atoms with Gasteiger partial charge >= 0.3 is 0 Å². The van der Waals surface area contributed by atoms with E-state index < -0.39 is 0 Å². The molecule has 0 amide bonds. The Hall–Kier alpha value is -0.690. The lowest BCUT2D eigenvalue weighted by atomic mass is 9.89. The zero-order valence-corrected chi connectivity index (χ0v) is 9.70. The van der Waals surface area contributed by atoms with Gasteiger partial charge in [0, 0.05) is 16.2 Å². The monoisotopic (exact) mass is 209 g/mol. The van der Waals surface area contributed by atoms with Gasteiger partial charge < -0.3 is 5.32 Å². The summed E-state index contributed by atoms with van der Waals surface area (Å²) in [5.74, 6) is 0. The Morgan fingerprint density at radius 2 is 2.07 bits per heavy atom. The van der Waals surface area contributed by atoms with Gasteiger partial charge in [0.15, 0.2) is 0 Å². The van der Waals surface area contributed by atoms with Crippen molar-refractivity contribution in [3.05, 3.63) is 28.3 Å². The minimum absolute atomic E-state index is 0.200. The first-order valence-electron chi connectivity index (χ1n) is 5.05. The predicted molar refractivity (Wildman–Crippen MR) is 62.2 cm³/mol. The first kappa shape index (κ1) is 9.85. The third-order valence-corrected chi connectivity index (χ3v) is 3.28. The summed E-state index contributed by atoms with van der Waals surface area (Å²) in [7, 11) is 0. The zero-order chi connectivity index (χ0) is 10.3. The highest BCUT2D eigenvalue weighted by Crippen LogP contribution is 2.33. The van der Waals surface area contributed by atoms with Gasteiger partial charge in [0.2, 0.25) is 0 Å². The second-order valence-electron chi connectivity index (χ2n) is 4.77. The van der Waals surface area contributed by atoms with Gasteiger partial charge in [-0.3, -0.25) is 0 Å². The molecule has 1 heterocycles. The number of benzene rings is 1. The van der Waals surface area contributed by atoms with Crippen molar-refractivity contribution in [3.8, 4) is 0 Å². The number of nitrogens with one attached hydrogen (secondary N) is 1. The van der Waals surface area contributed by atoms with Gasteiger partial charge in [-0.1, -0.05) is 17.7 Å². The van der Waals surface area contributed by atoms with Crippen LogP contribution in [0.1, 0.15) is 31.4 Å². The number of hydrogen-bond acceptors (Lipinski definition) is 1. The molecule has 0 atom stereocenters. The third kappa shape index (κ3) is 1.74. The molecule has 0 spiro atoms. The maximum Gasteiger partial charge on any atom is 0.0455 e. The van der Waals surface area contributed by atoms with E-state index in [-0.39, 0.29) is 5.54 Å². The molecular formula is C12H16ClN. The fourth-order valence-corrected chi connectivity index (χ4v) is 2.10. The molecule has 1 aliphatic rings. The van der Waals surface area contributed by atoms with Crippen LogP contribution in [0.15, 0.2) is 12.1 Å². The predicted octanol–water partition coefficient (Wildman–Crippen LogP) is 3.79. The van der Waals surface area contributed by atoms with Gasteiger partial charge in [0.25, 0.3) is 0 Å². The molecule has 0 aromatic heterocycles. The number of rotatable bonds is 0. The SMILES string of the molecule is Cc1cc2c(cc1Cl)NC(C)(C)CC2. The molecule has 2 rings (SSSR count). The molecule has 0 aliphatic carbocycles. The lowest BCUT2D eigenvalue weighted by molar-refractivity contribution is 0.502. The summed E-state index contributed by atoms with van der Waals surface area (Å²) in [5, 5.41) is 4.38. The van der Waals surface area contributed by atoms with Gasteiger partial charge in [0.05, 0.1) is 0 Å². The maximum atomic E-state index is 6.10. The number of hydrogen-bond donors (Lipinski definition) is 1. The van der Waals surface area contributed by atoms with Crippen LogP contribution in [0.5, 0.6) is 0 Å². The van der Waals surface area contributed by atoms with E-state index in [9.17, 15) is 0 Å². The van der Waals surface area contributed by atoms with E-state index in [1.807, 2.05) is 6.07 Å². The third-order valence-electron chi connectivity index (χ3n) is 2.88. The minimum atomic E-state index is 0.200. The van der Waals surface area contributed by atoms with Crippen molar-refractivity contribution < 1.29 is 0 Å². The molecule has 1 aromatic carbocycles. The van der Waals surface area contributed by atoms with Crippen LogP contribution >= 0.6 is 11.6 Å². The molecule has 0 unspecified atom stereocenters. The first-order chi connectivity index (χ1) is 6.48. The first-order valence-corrected chi connectivity index (χ1v) is 5.43. The molecule has 14 heavy (non-hydrogen) atoms. The molecule has 2 heteroatoms. The summed E-state index contributed by atoms with van der Waals surface area (Å²) >= 11 is 6.10. The molecule has 0 saturated heterocycles. The van der Waals surface area contributed by atoms with Crippen molar-refractivity contribution in [1.82, 2.24) is 0 Å². The van der Waals surface area contributed by atoms with Crippen LogP contribution in [0.25, 0.3) is 0 Å². The Bertz CT molecular complexity index is 369. The summed E-state index contributed by atoms with van der Waals surface area (Å²) in [6.07, 6.45) is 2.33. The summed E-state index contributed by atoms with van der Waals surface area (Å²) in [6, 6.07) is 4.24. The molecule has 76 valence electrons. The smallest absolute Gasteiger partial charge is 0.0455 e. The Morgan fingerprint density at radius 3 is 2.79 bits per heavy atom. The molecule has 0 bridgehead atoms. The Labute approximate surface area is 90.5 Å². The lowest BCUT2D eigenvalue weighted by Gasteiger charge is -2.34. The fourth-order valence-electron chi connectivity index (χ4n) is 1.94. The molecular weight excluding hydrogens is 194 g/mol. The molecule has 0 fully saturated rings. The van der Waals surface area contributed by atoms with Crippen molar-refractivity contribution >= 4 is 17.3 Å². The van der Waals surface area contributed by atoms with Crippen LogP contribution in [-0.2, 0) is 6.42 Å². The van der Waals surface area contributed by atoms with E-state index in [1.165, 1.54) is 23.2 Å². The van der Waals surface area contributed by atoms with Crippen LogP contribution < -0.4 is 5.32 Å². The van der Waals surface area contributed by atoms with Crippen molar-refractivity contribution in [1.29, 1.82) is 0 Å². The average molecular weight is 210 g/mol. The van der Waals surface area contributed by atoms with Crippen LogP contribution in [0, 0.1) is 6.92 Å². The van der Waals surface area contributed by atoms with Crippen LogP contribution in [0.2, 0.25) is 5.02 Å².